The summed E-state index contributed by atoms with van der Waals surface area (Å²) in [6, 6.07) is 0.346. The zero-order valence-corrected chi connectivity index (χ0v) is 16.1. The molecule has 2 aliphatic carbocycles. The molecule has 0 bridgehead atoms. The molecule has 28 heavy (non-hydrogen) atoms. The third-order valence-corrected chi connectivity index (χ3v) is 5.89. The largest absolute Gasteiger partial charge is 0.387 e. The predicted molar refractivity (Wildman–Crippen MR) is 101 cm³/mol. The first kappa shape index (κ1) is 18.5. The van der Waals surface area contributed by atoms with Gasteiger partial charge < -0.3 is 25.0 Å². The lowest BCUT2D eigenvalue weighted by Crippen LogP contribution is -2.34. The second-order valence-electron chi connectivity index (χ2n) is 7.87. The molecule has 1 saturated heterocycles. The number of nitrogens with zero attached hydrogens (tertiary/aromatic N) is 4. The Morgan fingerprint density at radius 1 is 1.18 bits per heavy atom. The van der Waals surface area contributed by atoms with Gasteiger partial charge in [-0.25, -0.2) is 4.98 Å². The van der Waals surface area contributed by atoms with Crippen LogP contribution in [0.5, 0.6) is 0 Å². The van der Waals surface area contributed by atoms with Gasteiger partial charge in [-0.05, 0) is 37.3 Å². The molecule has 9 nitrogen and oxygen atoms in total. The molecule has 2 aromatic heterocycles. The molecule has 152 valence electrons. The summed E-state index contributed by atoms with van der Waals surface area (Å²) in [7, 11) is 0. The Kier molecular flexibility index (Phi) is 4.88. The molecule has 10 heteroatoms. The summed E-state index contributed by atoms with van der Waals surface area (Å²) >= 11 is 6.15. The van der Waals surface area contributed by atoms with E-state index in [9.17, 15) is 10.2 Å². The highest BCUT2D eigenvalue weighted by Crippen LogP contribution is 2.34. The summed E-state index contributed by atoms with van der Waals surface area (Å²) < 4.78 is 13.2. The molecule has 0 radical (unpaired) electrons. The van der Waals surface area contributed by atoms with Crippen LogP contribution in [0.3, 0.4) is 0 Å². The van der Waals surface area contributed by atoms with Crippen LogP contribution in [0.2, 0.25) is 5.28 Å². The van der Waals surface area contributed by atoms with E-state index in [4.69, 9.17) is 21.1 Å². The minimum absolute atomic E-state index is 0.0939. The van der Waals surface area contributed by atoms with Crippen molar-refractivity contribution in [1.29, 1.82) is 0 Å². The lowest BCUT2D eigenvalue weighted by molar-refractivity contribution is -0.0682. The number of halogens is 1. The van der Waals surface area contributed by atoms with Crippen molar-refractivity contribution in [3.63, 3.8) is 0 Å². The second-order valence-corrected chi connectivity index (χ2v) is 8.21. The summed E-state index contributed by atoms with van der Waals surface area (Å²) in [5, 5.41) is 24.4. The number of hydrogen-bond donors (Lipinski definition) is 3. The molecule has 3 N–H and O–H groups in total. The van der Waals surface area contributed by atoms with Crippen LogP contribution >= 0.6 is 11.6 Å². The number of aliphatic hydroxyl groups excluding tert-OH is 2. The Labute approximate surface area is 167 Å². The highest BCUT2D eigenvalue weighted by atomic mass is 35.5. The topological polar surface area (TPSA) is 115 Å². The Bertz CT molecular complexity index is 854. The van der Waals surface area contributed by atoms with Gasteiger partial charge in [0.15, 0.2) is 23.2 Å². The Balaban J connectivity index is 1.41. The van der Waals surface area contributed by atoms with Gasteiger partial charge in [0.25, 0.3) is 0 Å². The van der Waals surface area contributed by atoms with E-state index in [1.807, 2.05) is 0 Å². The zero-order valence-electron chi connectivity index (χ0n) is 15.4. The standard InChI is InChI=1S/C18H24ClN5O4/c19-18-22-15(21-9-3-1-2-4-9)12-16(23-18)24(8-20-12)17-14(26)13(25)11(28-17)7-27-10-5-6-10/h8-11,13-14,17,25-26H,1-7H2,(H,21,22,23)/t11-,13-,14-,17-/m1/s1. The van der Waals surface area contributed by atoms with Crippen molar-refractivity contribution in [2.75, 3.05) is 11.9 Å². The fourth-order valence-corrected chi connectivity index (χ4v) is 4.17. The number of nitrogens with one attached hydrogen (secondary N) is 1. The van der Waals surface area contributed by atoms with Crippen LogP contribution in [0.4, 0.5) is 5.82 Å². The van der Waals surface area contributed by atoms with Crippen LogP contribution < -0.4 is 5.32 Å². The van der Waals surface area contributed by atoms with Gasteiger partial charge in [-0.1, -0.05) is 12.8 Å². The molecule has 0 unspecified atom stereocenters. The van der Waals surface area contributed by atoms with Crippen molar-refractivity contribution < 1.29 is 19.7 Å². The first-order chi connectivity index (χ1) is 13.6. The van der Waals surface area contributed by atoms with Crippen LogP contribution in [-0.2, 0) is 9.47 Å². The van der Waals surface area contributed by atoms with Crippen molar-refractivity contribution >= 4 is 28.6 Å². The van der Waals surface area contributed by atoms with Gasteiger partial charge in [-0.3, -0.25) is 4.57 Å². The van der Waals surface area contributed by atoms with Gasteiger partial charge in [0.05, 0.1) is 19.0 Å². The number of ether oxygens (including phenoxy) is 2. The molecular formula is C18H24ClN5O4. The molecule has 1 aliphatic heterocycles. The molecule has 3 heterocycles. The average Bonchev–Trinajstić information content (AvgIpc) is 3.06. The van der Waals surface area contributed by atoms with Crippen LogP contribution in [0, 0.1) is 0 Å². The van der Waals surface area contributed by atoms with E-state index in [1.165, 1.54) is 12.8 Å². The fourth-order valence-electron chi connectivity index (χ4n) is 4.00. The van der Waals surface area contributed by atoms with Gasteiger partial charge in [-0.2, -0.15) is 9.97 Å². The minimum Gasteiger partial charge on any atom is -0.387 e. The van der Waals surface area contributed by atoms with E-state index in [1.54, 1.807) is 10.9 Å². The van der Waals surface area contributed by atoms with Gasteiger partial charge in [-0.15, -0.1) is 0 Å². The number of aromatic nitrogens is 4. The normalized spacial score (nSPS) is 31.1. The first-order valence-electron chi connectivity index (χ1n) is 9.90. The molecule has 2 saturated carbocycles. The summed E-state index contributed by atoms with van der Waals surface area (Å²) in [6.07, 6.45) is 4.82. The quantitative estimate of drug-likeness (QED) is 0.617. The van der Waals surface area contributed by atoms with E-state index in [0.29, 0.717) is 23.0 Å². The Morgan fingerprint density at radius 3 is 2.71 bits per heavy atom. The second kappa shape index (κ2) is 7.38. The SMILES string of the molecule is O[C@@H]1[C@H](O)[C@@H](COC2CC2)O[C@H]1n1cnc2c(NC3CCCC3)nc(Cl)nc21. The number of aliphatic hydroxyl groups is 2. The third-order valence-electron chi connectivity index (χ3n) is 5.72. The summed E-state index contributed by atoms with van der Waals surface area (Å²) in [6.45, 7) is 0.246. The van der Waals surface area contributed by atoms with E-state index in [0.717, 1.165) is 25.7 Å². The fraction of sp³-hybridized carbons (Fsp3) is 0.722. The van der Waals surface area contributed by atoms with Crippen molar-refractivity contribution in [3.05, 3.63) is 11.6 Å². The van der Waals surface area contributed by atoms with Gasteiger partial charge >= 0.3 is 0 Å². The van der Waals surface area contributed by atoms with Crippen molar-refractivity contribution in [2.24, 2.45) is 0 Å². The van der Waals surface area contributed by atoms with Crippen LogP contribution in [0.15, 0.2) is 6.33 Å². The van der Waals surface area contributed by atoms with Crippen LogP contribution in [0.25, 0.3) is 11.2 Å². The zero-order chi connectivity index (χ0) is 19.3. The Morgan fingerprint density at radius 2 is 1.96 bits per heavy atom. The van der Waals surface area contributed by atoms with Crippen LogP contribution in [0.1, 0.15) is 44.8 Å². The molecule has 0 aromatic carbocycles. The van der Waals surface area contributed by atoms with Crippen LogP contribution in [-0.4, -0.2) is 66.8 Å². The van der Waals surface area contributed by atoms with E-state index in [2.05, 4.69) is 20.3 Å². The Hall–Kier alpha value is -1.52. The summed E-state index contributed by atoms with van der Waals surface area (Å²) in [5.74, 6) is 0.585. The van der Waals surface area contributed by atoms with E-state index in [-0.39, 0.29) is 18.0 Å². The molecule has 3 aliphatic rings. The van der Waals surface area contributed by atoms with E-state index < -0.39 is 24.5 Å². The highest BCUT2D eigenvalue weighted by Gasteiger charge is 2.45. The molecule has 5 rings (SSSR count). The smallest absolute Gasteiger partial charge is 0.226 e. The van der Waals surface area contributed by atoms with Crippen molar-refractivity contribution in [2.45, 2.75) is 75.2 Å². The number of fused-ring (bicyclic) bond motifs is 1. The van der Waals surface area contributed by atoms with Gasteiger partial charge in [0.2, 0.25) is 5.28 Å². The molecule has 3 fully saturated rings. The molecule has 0 amide bonds. The van der Waals surface area contributed by atoms with E-state index >= 15 is 0 Å². The average molecular weight is 410 g/mol. The van der Waals surface area contributed by atoms with Crippen molar-refractivity contribution in [1.82, 2.24) is 19.5 Å². The van der Waals surface area contributed by atoms with Crippen molar-refractivity contribution in [3.8, 4) is 0 Å². The highest BCUT2D eigenvalue weighted by molar-refractivity contribution is 6.28. The number of imidazole rings is 1. The summed E-state index contributed by atoms with van der Waals surface area (Å²) in [5.41, 5.74) is 1.03. The summed E-state index contributed by atoms with van der Waals surface area (Å²) in [4.78, 5) is 13.0. The third kappa shape index (κ3) is 3.46. The lowest BCUT2D eigenvalue weighted by Gasteiger charge is -2.17. The molecular weight excluding hydrogens is 386 g/mol. The first-order valence-corrected chi connectivity index (χ1v) is 10.3. The molecule has 4 atom stereocenters. The molecule has 0 spiro atoms. The minimum atomic E-state index is -1.12. The maximum Gasteiger partial charge on any atom is 0.226 e. The maximum atomic E-state index is 10.5. The number of rotatable bonds is 6. The number of anilines is 1. The van der Waals surface area contributed by atoms with Gasteiger partial charge in [0.1, 0.15) is 18.3 Å². The predicted octanol–water partition coefficient (Wildman–Crippen LogP) is 1.63. The number of hydrogen-bond acceptors (Lipinski definition) is 8. The van der Waals surface area contributed by atoms with Gasteiger partial charge in [0, 0.05) is 6.04 Å². The molecule has 2 aromatic rings. The maximum absolute atomic E-state index is 10.5. The monoisotopic (exact) mass is 409 g/mol. The lowest BCUT2D eigenvalue weighted by atomic mass is 10.1.